The molecule has 0 aliphatic carbocycles. The van der Waals surface area contributed by atoms with E-state index in [1.54, 1.807) is 26.8 Å². The molecule has 6 nitrogen and oxygen atoms in total. The predicted molar refractivity (Wildman–Crippen MR) is 161 cm³/mol. The minimum absolute atomic E-state index is 0.0693. The summed E-state index contributed by atoms with van der Waals surface area (Å²) < 4.78 is 41.8. The van der Waals surface area contributed by atoms with Crippen LogP contribution in [-0.4, -0.2) is 33.9 Å². The normalized spacial score (nSPS) is 20.3. The molecule has 226 valence electrons. The van der Waals surface area contributed by atoms with Crippen LogP contribution in [-0.2, 0) is 19.3 Å². The lowest BCUT2D eigenvalue weighted by Gasteiger charge is -2.44. The Balaban J connectivity index is 1.52. The number of likely N-dealkylation sites (tertiary alicyclic amines) is 1. The summed E-state index contributed by atoms with van der Waals surface area (Å²) in [4.78, 5) is 30.8. The Morgan fingerprint density at radius 1 is 1.05 bits per heavy atom. The van der Waals surface area contributed by atoms with E-state index in [4.69, 9.17) is 0 Å². The number of H-pyrrole nitrogens is 1. The molecule has 0 radical (unpaired) electrons. The molecule has 1 fully saturated rings. The lowest BCUT2D eigenvalue weighted by Crippen LogP contribution is -2.49. The topological polar surface area (TPSA) is 77.2 Å². The van der Waals surface area contributed by atoms with Gasteiger partial charge in [-0.05, 0) is 95.2 Å². The van der Waals surface area contributed by atoms with Crippen LogP contribution in [0.3, 0.4) is 0 Å². The SMILES string of the molecule is Cc1cc(C)c(CNC(=O)c2cc(C(F)(F)F)cc(NC(C)C3CC(C)N(Cc4ccccc4)C(C)C3)c2C)c(=O)[nH]1. The minimum atomic E-state index is -4.63. The third kappa shape index (κ3) is 7.24. The van der Waals surface area contributed by atoms with Gasteiger partial charge in [-0.2, -0.15) is 13.2 Å². The number of aromatic nitrogens is 1. The molecule has 1 amide bonds. The Morgan fingerprint density at radius 3 is 2.29 bits per heavy atom. The molecule has 1 saturated heterocycles. The van der Waals surface area contributed by atoms with E-state index in [0.29, 0.717) is 40.2 Å². The van der Waals surface area contributed by atoms with Gasteiger partial charge in [-0.25, -0.2) is 0 Å². The Kier molecular flexibility index (Phi) is 9.50. The quantitative estimate of drug-likeness (QED) is 0.275. The first-order valence-corrected chi connectivity index (χ1v) is 14.5. The zero-order valence-corrected chi connectivity index (χ0v) is 25.2. The van der Waals surface area contributed by atoms with Crippen molar-refractivity contribution in [2.75, 3.05) is 5.32 Å². The molecule has 9 heteroatoms. The number of halogens is 3. The van der Waals surface area contributed by atoms with Crippen molar-refractivity contribution in [3.63, 3.8) is 0 Å². The summed E-state index contributed by atoms with van der Waals surface area (Å²) in [5.41, 5.74) is 2.45. The first kappa shape index (κ1) is 31.3. The number of nitrogens with one attached hydrogen (secondary N) is 3. The molecule has 0 spiro atoms. The molecule has 0 bridgehead atoms. The molecule has 3 aromatic rings. The number of aromatic amines is 1. The standard InChI is InChI=1S/C33H41F3N4O2/c1-19-12-20(2)38-32(42)29(19)17-37-31(41)28-15-27(33(34,35)36)16-30(23(28)5)39-24(6)26-13-21(3)40(22(4)14-26)18-25-10-8-7-9-11-25/h7-12,15-16,21-22,24,26,39H,13-14,17-18H2,1-6H3,(H,37,41)(H,38,42). The highest BCUT2D eigenvalue weighted by Gasteiger charge is 2.35. The largest absolute Gasteiger partial charge is 0.416 e. The number of piperidine rings is 1. The van der Waals surface area contributed by atoms with Crippen molar-refractivity contribution >= 4 is 11.6 Å². The van der Waals surface area contributed by atoms with Crippen LogP contribution < -0.4 is 16.2 Å². The van der Waals surface area contributed by atoms with E-state index in [9.17, 15) is 22.8 Å². The number of carbonyl (C=O) groups excluding carboxylic acids is 1. The monoisotopic (exact) mass is 582 g/mol. The van der Waals surface area contributed by atoms with Gasteiger partial charge in [-0.15, -0.1) is 0 Å². The zero-order chi connectivity index (χ0) is 30.8. The highest BCUT2D eigenvalue weighted by Crippen LogP contribution is 2.36. The number of pyridine rings is 1. The van der Waals surface area contributed by atoms with E-state index in [1.165, 1.54) is 5.56 Å². The van der Waals surface area contributed by atoms with E-state index in [1.807, 2.05) is 25.1 Å². The molecule has 0 saturated carbocycles. The Bertz CT molecular complexity index is 1460. The van der Waals surface area contributed by atoms with Gasteiger partial charge < -0.3 is 15.6 Å². The van der Waals surface area contributed by atoms with E-state index in [0.717, 1.165) is 31.5 Å². The van der Waals surface area contributed by atoms with Gasteiger partial charge in [0.05, 0.1) is 5.56 Å². The molecule has 1 aliphatic rings. The van der Waals surface area contributed by atoms with Crippen LogP contribution >= 0.6 is 0 Å². The maximum absolute atomic E-state index is 13.9. The van der Waals surface area contributed by atoms with Crippen LogP contribution in [0.1, 0.15) is 77.5 Å². The summed E-state index contributed by atoms with van der Waals surface area (Å²) in [6.45, 7) is 12.4. The summed E-state index contributed by atoms with van der Waals surface area (Å²) in [7, 11) is 0. The molecule has 3 atom stereocenters. The van der Waals surface area contributed by atoms with Gasteiger partial charge in [0.15, 0.2) is 0 Å². The second kappa shape index (κ2) is 12.7. The Morgan fingerprint density at radius 2 is 1.69 bits per heavy atom. The number of hydrogen-bond acceptors (Lipinski definition) is 4. The Hall–Kier alpha value is -3.59. The summed E-state index contributed by atoms with van der Waals surface area (Å²) >= 11 is 0. The third-order valence-corrected chi connectivity index (χ3v) is 8.62. The second-order valence-electron chi connectivity index (χ2n) is 11.8. The summed E-state index contributed by atoms with van der Waals surface area (Å²) in [5.74, 6) is -0.422. The highest BCUT2D eigenvalue weighted by molar-refractivity contribution is 5.97. The molecule has 2 aromatic carbocycles. The highest BCUT2D eigenvalue weighted by atomic mass is 19.4. The summed E-state index contributed by atoms with van der Waals surface area (Å²) in [6, 6.07) is 14.6. The average Bonchev–Trinajstić information content (AvgIpc) is 2.90. The van der Waals surface area contributed by atoms with E-state index < -0.39 is 17.6 Å². The van der Waals surface area contributed by atoms with Gasteiger partial charge in [0.2, 0.25) is 0 Å². The third-order valence-electron chi connectivity index (χ3n) is 8.62. The van der Waals surface area contributed by atoms with Crippen LogP contribution in [0.25, 0.3) is 0 Å². The molecular weight excluding hydrogens is 541 g/mol. The maximum atomic E-state index is 13.9. The van der Waals surface area contributed by atoms with Crippen molar-refractivity contribution in [2.45, 2.75) is 91.8 Å². The van der Waals surface area contributed by atoms with Gasteiger partial charge in [0.25, 0.3) is 11.5 Å². The Labute approximate surface area is 245 Å². The fourth-order valence-corrected chi connectivity index (χ4v) is 6.18. The van der Waals surface area contributed by atoms with Crippen LogP contribution in [0, 0.1) is 26.7 Å². The first-order valence-electron chi connectivity index (χ1n) is 14.5. The second-order valence-corrected chi connectivity index (χ2v) is 11.8. The molecule has 1 aromatic heterocycles. The molecule has 1 aliphatic heterocycles. The fourth-order valence-electron chi connectivity index (χ4n) is 6.18. The molecular formula is C33H41F3N4O2. The van der Waals surface area contributed by atoms with E-state index >= 15 is 0 Å². The van der Waals surface area contributed by atoms with Gasteiger partial charge in [0.1, 0.15) is 0 Å². The van der Waals surface area contributed by atoms with Crippen molar-refractivity contribution < 1.29 is 18.0 Å². The zero-order valence-electron chi connectivity index (χ0n) is 25.2. The van der Waals surface area contributed by atoms with Crippen LogP contribution in [0.2, 0.25) is 0 Å². The smallest absolute Gasteiger partial charge is 0.382 e. The first-order chi connectivity index (χ1) is 19.7. The van der Waals surface area contributed by atoms with Gasteiger partial charge >= 0.3 is 6.18 Å². The number of aryl methyl sites for hydroxylation is 2. The van der Waals surface area contributed by atoms with Crippen molar-refractivity contribution in [1.29, 1.82) is 0 Å². The lowest BCUT2D eigenvalue weighted by atomic mass is 9.82. The molecule has 3 N–H and O–H groups in total. The number of amides is 1. The van der Waals surface area contributed by atoms with Crippen molar-refractivity contribution in [2.24, 2.45) is 5.92 Å². The predicted octanol–water partition coefficient (Wildman–Crippen LogP) is 6.74. The minimum Gasteiger partial charge on any atom is -0.382 e. The van der Waals surface area contributed by atoms with E-state index in [-0.39, 0.29) is 29.6 Å². The number of benzene rings is 2. The number of carbonyl (C=O) groups is 1. The number of rotatable bonds is 8. The molecule has 4 rings (SSSR count). The summed E-state index contributed by atoms with van der Waals surface area (Å²) in [5, 5.41) is 5.99. The fraction of sp³-hybridized carbons (Fsp3) is 0.455. The number of alkyl halides is 3. The lowest BCUT2D eigenvalue weighted by molar-refractivity contribution is -0.137. The number of hydrogen-bond donors (Lipinski definition) is 3. The molecule has 42 heavy (non-hydrogen) atoms. The maximum Gasteiger partial charge on any atom is 0.416 e. The number of anilines is 1. The number of nitrogens with zero attached hydrogens (tertiary/aromatic N) is 1. The van der Waals surface area contributed by atoms with Crippen molar-refractivity contribution in [1.82, 2.24) is 15.2 Å². The van der Waals surface area contributed by atoms with Gasteiger partial charge in [-0.1, -0.05) is 30.3 Å². The van der Waals surface area contributed by atoms with E-state index in [2.05, 4.69) is 46.5 Å². The van der Waals surface area contributed by atoms with Gasteiger partial charge in [0, 0.05) is 53.7 Å². The van der Waals surface area contributed by atoms with Crippen LogP contribution in [0.4, 0.5) is 18.9 Å². The van der Waals surface area contributed by atoms with Crippen molar-refractivity contribution in [3.8, 4) is 0 Å². The molecule has 2 heterocycles. The van der Waals surface area contributed by atoms with Crippen LogP contribution in [0.15, 0.2) is 53.3 Å². The van der Waals surface area contributed by atoms with Crippen molar-refractivity contribution in [3.05, 3.63) is 98.0 Å². The molecule has 3 unspecified atom stereocenters. The summed E-state index contributed by atoms with van der Waals surface area (Å²) in [6.07, 6.45) is -2.82. The van der Waals surface area contributed by atoms with Crippen LogP contribution in [0.5, 0.6) is 0 Å². The average molecular weight is 583 g/mol. The van der Waals surface area contributed by atoms with Gasteiger partial charge in [-0.3, -0.25) is 14.5 Å².